The second kappa shape index (κ2) is 7.57. The summed E-state index contributed by atoms with van der Waals surface area (Å²) in [6, 6.07) is 3.76. The Hall–Kier alpha value is -1.39. The largest absolute Gasteiger partial charge is 0.483 e. The molecule has 3 aromatic heterocycles. The lowest BCUT2D eigenvalue weighted by Gasteiger charge is -2.05. The quantitative estimate of drug-likeness (QED) is 0.368. The molecule has 3 heterocycles. The lowest BCUT2D eigenvalue weighted by Crippen LogP contribution is -2.01. The summed E-state index contributed by atoms with van der Waals surface area (Å²) in [5.41, 5.74) is 0.891. The molecule has 110 valence electrons. The van der Waals surface area contributed by atoms with E-state index in [4.69, 9.17) is 25.9 Å². The summed E-state index contributed by atoms with van der Waals surface area (Å²) in [6.45, 7) is 0.323. The van der Waals surface area contributed by atoms with Gasteiger partial charge >= 0.3 is 0 Å². The van der Waals surface area contributed by atoms with Crippen molar-refractivity contribution < 1.29 is 14.3 Å². The number of thiophene rings is 1. The van der Waals surface area contributed by atoms with E-state index in [1.54, 1.807) is 17.6 Å². The van der Waals surface area contributed by atoms with E-state index in [2.05, 4.69) is 37.9 Å². The number of anilines is 1. The number of aromatic nitrogens is 2. The van der Waals surface area contributed by atoms with Crippen molar-refractivity contribution in [3.63, 3.8) is 0 Å². The minimum Gasteiger partial charge on any atom is -0.483 e. The lowest BCUT2D eigenvalue weighted by atomic mass is 10.4. The molecule has 0 fully saturated rings. The van der Waals surface area contributed by atoms with Gasteiger partial charge in [0.15, 0.2) is 0 Å². The second-order valence-electron chi connectivity index (χ2n) is 3.64. The van der Waals surface area contributed by atoms with Gasteiger partial charge < -0.3 is 14.8 Å². The van der Waals surface area contributed by atoms with Crippen molar-refractivity contribution in [3.8, 4) is 0 Å². The Morgan fingerprint density at radius 1 is 1.52 bits per heavy atom. The van der Waals surface area contributed by atoms with E-state index in [0.717, 1.165) is 25.4 Å². The van der Waals surface area contributed by atoms with Crippen LogP contribution >= 0.6 is 45.5 Å². The molecule has 0 aliphatic heterocycles. The first-order valence-electron chi connectivity index (χ1n) is 5.60. The molecule has 3 aromatic rings. The molecular weight excluding hydrogens is 429 g/mol. The first-order valence-corrected chi connectivity index (χ1v) is 7.93. The standard InChI is InChI=1S/C11H7ClIN3OS.CH2O2/c12-11-15-8-7(13)5-18-9(8)10(16-11)14-4-6-2-1-3-17-6;2-1-3/h1-3,5H,4H2,(H,14,15,16);1H,(H,2,3). The Kier molecular flexibility index (Phi) is 5.76. The van der Waals surface area contributed by atoms with E-state index in [-0.39, 0.29) is 11.8 Å². The summed E-state index contributed by atoms with van der Waals surface area (Å²) in [6.07, 6.45) is 1.65. The summed E-state index contributed by atoms with van der Waals surface area (Å²) in [5.74, 6) is 1.60. The normalized spacial score (nSPS) is 10.0. The number of nitrogens with zero attached hydrogens (tertiary/aromatic N) is 2. The molecule has 21 heavy (non-hydrogen) atoms. The third-order valence-electron chi connectivity index (χ3n) is 2.35. The number of carboxylic acid groups (broad SMARTS) is 1. The van der Waals surface area contributed by atoms with Gasteiger partial charge in [-0.1, -0.05) is 0 Å². The summed E-state index contributed by atoms with van der Waals surface area (Å²) < 4.78 is 7.36. The molecule has 0 unspecified atom stereocenters. The second-order valence-corrected chi connectivity index (χ2v) is 6.02. The van der Waals surface area contributed by atoms with E-state index in [0.29, 0.717) is 6.54 Å². The SMILES string of the molecule is Clc1nc(NCc2ccco2)c2scc(I)c2n1.O=CO. The van der Waals surface area contributed by atoms with Crippen LogP contribution in [0, 0.1) is 3.57 Å². The molecule has 0 aliphatic rings. The van der Waals surface area contributed by atoms with Crippen molar-refractivity contribution >= 4 is 68.0 Å². The number of hydrogen-bond donors (Lipinski definition) is 2. The fourth-order valence-corrected chi connectivity index (χ4v) is 3.52. The summed E-state index contributed by atoms with van der Waals surface area (Å²) in [7, 11) is 0. The van der Waals surface area contributed by atoms with E-state index < -0.39 is 0 Å². The van der Waals surface area contributed by atoms with Crippen LogP contribution in [0.4, 0.5) is 5.82 Å². The van der Waals surface area contributed by atoms with Crippen molar-refractivity contribution in [1.82, 2.24) is 9.97 Å². The predicted molar refractivity (Wildman–Crippen MR) is 89.9 cm³/mol. The molecule has 0 spiro atoms. The maximum absolute atomic E-state index is 8.36. The zero-order chi connectivity index (χ0) is 15.2. The molecule has 0 bridgehead atoms. The Bertz CT molecular complexity index is 733. The molecule has 6 nitrogen and oxygen atoms in total. The highest BCUT2D eigenvalue weighted by molar-refractivity contribution is 14.1. The molecule has 0 aliphatic carbocycles. The number of furan rings is 1. The van der Waals surface area contributed by atoms with Gasteiger partial charge in [0.1, 0.15) is 17.1 Å². The van der Waals surface area contributed by atoms with Crippen LogP contribution in [0.15, 0.2) is 28.2 Å². The van der Waals surface area contributed by atoms with Gasteiger partial charge in [-0.2, -0.15) is 4.98 Å². The molecule has 0 aromatic carbocycles. The fourth-order valence-electron chi connectivity index (χ4n) is 1.57. The van der Waals surface area contributed by atoms with Crippen molar-refractivity contribution in [2.75, 3.05) is 5.32 Å². The zero-order valence-corrected chi connectivity index (χ0v) is 14.1. The van der Waals surface area contributed by atoms with E-state index in [1.807, 2.05) is 17.5 Å². The number of nitrogens with one attached hydrogen (secondary N) is 1. The van der Waals surface area contributed by atoms with Crippen LogP contribution in [-0.2, 0) is 11.3 Å². The number of hydrogen-bond acceptors (Lipinski definition) is 6. The molecular formula is C12H9ClIN3O3S. The summed E-state index contributed by atoms with van der Waals surface area (Å²) in [5, 5.41) is 12.4. The zero-order valence-electron chi connectivity index (χ0n) is 10.4. The first kappa shape index (κ1) is 16.0. The average molecular weight is 438 g/mol. The Balaban J connectivity index is 0.000000497. The van der Waals surface area contributed by atoms with Gasteiger partial charge in [-0.05, 0) is 46.3 Å². The van der Waals surface area contributed by atoms with Crippen LogP contribution in [0.3, 0.4) is 0 Å². The highest BCUT2D eigenvalue weighted by Gasteiger charge is 2.11. The van der Waals surface area contributed by atoms with Gasteiger partial charge in [0, 0.05) is 5.38 Å². The molecule has 0 amide bonds. The van der Waals surface area contributed by atoms with Gasteiger partial charge in [0.25, 0.3) is 6.47 Å². The Morgan fingerprint density at radius 3 is 2.95 bits per heavy atom. The predicted octanol–water partition coefficient (Wildman–Crippen LogP) is 3.86. The minimum absolute atomic E-state index is 0.250. The topological polar surface area (TPSA) is 88.3 Å². The van der Waals surface area contributed by atoms with E-state index in [1.165, 1.54) is 0 Å². The van der Waals surface area contributed by atoms with Crippen molar-refractivity contribution in [3.05, 3.63) is 38.4 Å². The van der Waals surface area contributed by atoms with Crippen molar-refractivity contribution in [2.24, 2.45) is 0 Å². The van der Waals surface area contributed by atoms with Gasteiger partial charge in [-0.25, -0.2) is 4.98 Å². The van der Waals surface area contributed by atoms with E-state index in [9.17, 15) is 0 Å². The van der Waals surface area contributed by atoms with Crippen LogP contribution in [0.5, 0.6) is 0 Å². The van der Waals surface area contributed by atoms with Crippen LogP contribution < -0.4 is 5.32 Å². The summed E-state index contributed by atoms with van der Waals surface area (Å²) >= 11 is 9.77. The number of fused-ring (bicyclic) bond motifs is 1. The number of rotatable bonds is 3. The van der Waals surface area contributed by atoms with Crippen molar-refractivity contribution in [1.29, 1.82) is 0 Å². The van der Waals surface area contributed by atoms with E-state index >= 15 is 0 Å². The third kappa shape index (κ3) is 4.05. The molecule has 0 atom stereocenters. The first-order chi connectivity index (χ1) is 10.2. The number of carbonyl (C=O) groups is 1. The van der Waals surface area contributed by atoms with Crippen LogP contribution in [-0.4, -0.2) is 21.5 Å². The Morgan fingerprint density at radius 2 is 2.29 bits per heavy atom. The van der Waals surface area contributed by atoms with Crippen LogP contribution in [0.1, 0.15) is 5.76 Å². The molecule has 0 radical (unpaired) electrons. The maximum atomic E-state index is 8.36. The smallest absolute Gasteiger partial charge is 0.290 e. The van der Waals surface area contributed by atoms with Gasteiger partial charge in [0.2, 0.25) is 5.28 Å². The lowest BCUT2D eigenvalue weighted by molar-refractivity contribution is -0.122. The Labute approximate surface area is 142 Å². The van der Waals surface area contributed by atoms with Gasteiger partial charge in [0.05, 0.1) is 21.1 Å². The van der Waals surface area contributed by atoms with Crippen LogP contribution in [0.25, 0.3) is 10.2 Å². The number of halogens is 2. The van der Waals surface area contributed by atoms with Crippen molar-refractivity contribution in [2.45, 2.75) is 6.54 Å². The highest BCUT2D eigenvalue weighted by Crippen LogP contribution is 2.31. The van der Waals surface area contributed by atoms with Gasteiger partial charge in [-0.15, -0.1) is 11.3 Å². The molecule has 3 rings (SSSR count). The monoisotopic (exact) mass is 437 g/mol. The van der Waals surface area contributed by atoms with Gasteiger partial charge in [-0.3, -0.25) is 4.79 Å². The fraction of sp³-hybridized carbons (Fsp3) is 0.0833. The van der Waals surface area contributed by atoms with Crippen LogP contribution in [0.2, 0.25) is 5.28 Å². The summed E-state index contributed by atoms with van der Waals surface area (Å²) in [4.78, 5) is 16.8. The molecule has 0 saturated carbocycles. The highest BCUT2D eigenvalue weighted by atomic mass is 127. The third-order valence-corrected chi connectivity index (χ3v) is 4.74. The molecule has 9 heteroatoms. The maximum Gasteiger partial charge on any atom is 0.290 e. The average Bonchev–Trinajstić information content (AvgIpc) is 3.08. The molecule has 2 N–H and O–H groups in total. The minimum atomic E-state index is -0.250. The molecule has 0 saturated heterocycles.